The van der Waals surface area contributed by atoms with Crippen molar-refractivity contribution in [3.8, 4) is 0 Å². The van der Waals surface area contributed by atoms with E-state index in [-0.39, 0.29) is 36.4 Å². The first-order valence-electron chi connectivity index (χ1n) is 21.3. The molecule has 0 saturated carbocycles. The predicted molar refractivity (Wildman–Crippen MR) is 237 cm³/mol. The molecule has 0 aliphatic heterocycles. The molecular weight excluding hydrogens is 769 g/mol. The molecule has 17 heteroatoms. The van der Waals surface area contributed by atoms with Crippen LogP contribution in [-0.2, 0) is 42.3 Å². The van der Waals surface area contributed by atoms with Gasteiger partial charge in [-0.05, 0) is 73.5 Å². The maximum atomic E-state index is 10.00. The lowest BCUT2D eigenvalue weighted by atomic mass is 10.3. The molecule has 0 radical (unpaired) electrons. The second-order valence-corrected chi connectivity index (χ2v) is 27.4. The van der Waals surface area contributed by atoms with E-state index in [9.17, 15) is 10.2 Å². The van der Waals surface area contributed by atoms with E-state index in [1.54, 1.807) is 7.11 Å². The van der Waals surface area contributed by atoms with E-state index in [0.717, 1.165) is 25.5 Å². The van der Waals surface area contributed by atoms with Crippen molar-refractivity contribution in [1.29, 1.82) is 0 Å². The van der Waals surface area contributed by atoms with E-state index in [0.29, 0.717) is 99.0 Å². The third-order valence-corrected chi connectivity index (χ3v) is 12.8. The van der Waals surface area contributed by atoms with Crippen LogP contribution in [0.15, 0.2) is 0 Å². The van der Waals surface area contributed by atoms with Crippen LogP contribution < -0.4 is 22.1 Å². The van der Waals surface area contributed by atoms with Crippen molar-refractivity contribution in [2.45, 2.75) is 148 Å². The maximum absolute atomic E-state index is 10.00. The van der Waals surface area contributed by atoms with E-state index in [1.165, 1.54) is 6.04 Å². The van der Waals surface area contributed by atoms with Crippen LogP contribution >= 0.6 is 0 Å². The normalized spacial score (nSPS) is 16.6. The molecule has 8 N–H and O–H groups in total. The van der Waals surface area contributed by atoms with Gasteiger partial charge in [0, 0.05) is 65.7 Å². The second-order valence-electron chi connectivity index (χ2n) is 17.3. The molecule has 0 bridgehead atoms. The molecule has 0 aromatic heterocycles. The van der Waals surface area contributed by atoms with E-state index in [2.05, 4.69) is 43.4 Å². The number of aliphatic hydroxyl groups excluding tert-OH is 2. The van der Waals surface area contributed by atoms with Crippen LogP contribution in [0.4, 0.5) is 0 Å². The molecule has 0 amide bonds. The van der Waals surface area contributed by atoms with Crippen molar-refractivity contribution in [2.75, 3.05) is 113 Å². The Morgan fingerprint density at radius 3 is 1.25 bits per heavy atom. The van der Waals surface area contributed by atoms with Gasteiger partial charge in [0.05, 0.1) is 104 Å². The fourth-order valence-corrected chi connectivity index (χ4v) is 7.23. The van der Waals surface area contributed by atoms with Crippen molar-refractivity contribution < 1.29 is 52.5 Å². The number of hydrogen-bond acceptors (Lipinski definition) is 15. The maximum Gasteiger partial charge on any atom is 0.186 e. The van der Waals surface area contributed by atoms with Crippen molar-refractivity contribution in [2.24, 2.45) is 11.5 Å². The van der Waals surface area contributed by atoms with Crippen LogP contribution in [0, 0.1) is 0 Å². The highest BCUT2D eigenvalue weighted by Gasteiger charge is 2.19. The van der Waals surface area contributed by atoms with Crippen molar-refractivity contribution in [3.05, 3.63) is 0 Å². The summed E-state index contributed by atoms with van der Waals surface area (Å²) < 4.78 is 50.0. The van der Waals surface area contributed by atoms with Gasteiger partial charge in [-0.3, -0.25) is 0 Å². The molecule has 0 heterocycles. The quantitative estimate of drug-likeness (QED) is 0.0389. The van der Waals surface area contributed by atoms with E-state index < -0.39 is 28.6 Å². The van der Waals surface area contributed by atoms with Gasteiger partial charge in [0.15, 0.2) is 8.32 Å². The van der Waals surface area contributed by atoms with Crippen molar-refractivity contribution in [3.63, 3.8) is 0 Å². The van der Waals surface area contributed by atoms with Crippen LogP contribution in [-0.4, -0.2) is 188 Å². The number of nitrogens with one attached hydrogen (secondary N) is 2. The van der Waals surface area contributed by atoms with Crippen molar-refractivity contribution in [1.82, 2.24) is 10.6 Å². The van der Waals surface area contributed by atoms with Gasteiger partial charge in [-0.1, -0.05) is 25.7 Å². The molecule has 0 rings (SSSR count). The second kappa shape index (κ2) is 37.6. The zero-order valence-electron chi connectivity index (χ0n) is 38.5. The first-order valence-corrected chi connectivity index (χ1v) is 28.2. The molecule has 0 aromatic rings. The fourth-order valence-electron chi connectivity index (χ4n) is 4.83. The van der Waals surface area contributed by atoms with E-state index in [4.69, 9.17) is 53.8 Å². The Bertz CT molecular complexity index is 867. The van der Waals surface area contributed by atoms with Gasteiger partial charge in [-0.15, -0.1) is 0 Å². The van der Waals surface area contributed by atoms with Crippen LogP contribution in [0.3, 0.4) is 0 Å². The minimum absolute atomic E-state index is 0.0194. The Morgan fingerprint density at radius 1 is 0.491 bits per heavy atom. The van der Waals surface area contributed by atoms with Gasteiger partial charge >= 0.3 is 0 Å². The summed E-state index contributed by atoms with van der Waals surface area (Å²) in [4.78, 5) is 0. The van der Waals surface area contributed by atoms with Gasteiger partial charge in [-0.2, -0.15) is 0 Å². The molecule has 346 valence electrons. The molecule has 0 saturated heterocycles. The zero-order valence-corrected chi connectivity index (χ0v) is 40.5. The summed E-state index contributed by atoms with van der Waals surface area (Å²) in [6.45, 7) is 31.8. The van der Waals surface area contributed by atoms with Gasteiger partial charge in [0.25, 0.3) is 0 Å². The van der Waals surface area contributed by atoms with Crippen LogP contribution in [0.2, 0.25) is 44.8 Å². The summed E-state index contributed by atoms with van der Waals surface area (Å²) in [7, 11) is -0.719. The smallest absolute Gasteiger partial charge is 0.186 e. The number of rotatable bonds is 39. The Morgan fingerprint density at radius 2 is 0.877 bits per heavy atom. The highest BCUT2D eigenvalue weighted by Crippen LogP contribution is 2.12. The van der Waals surface area contributed by atoms with Crippen LogP contribution in [0.5, 0.6) is 0 Å². The van der Waals surface area contributed by atoms with Gasteiger partial charge in [0.2, 0.25) is 0 Å². The lowest BCUT2D eigenvalue weighted by Crippen LogP contribution is -2.38. The summed E-state index contributed by atoms with van der Waals surface area (Å²) in [6.07, 6.45) is 1.08. The average Bonchev–Trinajstić information content (AvgIpc) is 3.12. The minimum atomic E-state index is -1.51. The molecule has 0 spiro atoms. The van der Waals surface area contributed by atoms with Crippen LogP contribution in [0.1, 0.15) is 54.4 Å². The molecule has 15 nitrogen and oxygen atoms in total. The number of ether oxygens (including phenoxy) is 8. The monoisotopic (exact) mass is 861 g/mol. The lowest BCUT2D eigenvalue weighted by Gasteiger charge is -2.20. The molecule has 8 unspecified atom stereocenters. The standard InChI is InChI=1S/C20H46N2O6Si.C20H46N2O5Si/c1-17(21)13-27-15-19(3)28-10-9-26-14-18(2)22-12-20(23)16-25-8-7-11-29(5,6)24-4;1-17(21)13-26-15-19(3)27-10-9-25-14-18(2)22-12-20(23)16-24-8-7-11-28(4,5)6/h17-20,22-23H,7-16,21H2,1-6H3;17-20,22-23H,7-16,21H2,1-6H3. The third-order valence-electron chi connectivity index (χ3n) is 8.32. The largest absolute Gasteiger partial charge is 0.420 e. The predicted octanol–water partition coefficient (Wildman–Crippen LogP) is 3.22. The number of nitrogens with two attached hydrogens (primary N) is 2. The Balaban J connectivity index is 0. The third kappa shape index (κ3) is 46.7. The summed E-state index contributed by atoms with van der Waals surface area (Å²) in [5.41, 5.74) is 11.3. The molecule has 0 aromatic carbocycles. The molecule has 57 heavy (non-hydrogen) atoms. The highest BCUT2D eigenvalue weighted by molar-refractivity contribution is 6.76. The molecule has 0 aliphatic carbocycles. The number of hydrogen-bond donors (Lipinski definition) is 6. The fraction of sp³-hybridized carbons (Fsp3) is 1.00. The van der Waals surface area contributed by atoms with Gasteiger partial charge in [-0.25, -0.2) is 0 Å². The minimum Gasteiger partial charge on any atom is -0.420 e. The van der Waals surface area contributed by atoms with E-state index >= 15 is 0 Å². The summed E-state index contributed by atoms with van der Waals surface area (Å²) in [5, 5.41) is 26.5. The SMILES string of the molecule is CC(N)COCC(C)OCCOCC(C)NCC(O)COCCC[Si](C)(C)C.CO[Si](C)(C)CCCOCC(O)CNC(C)COCCOC(C)COCC(C)N. The van der Waals surface area contributed by atoms with Crippen LogP contribution in [0.25, 0.3) is 0 Å². The Labute approximate surface area is 350 Å². The van der Waals surface area contributed by atoms with E-state index in [1.807, 2.05) is 41.5 Å². The first-order chi connectivity index (χ1) is 26.8. The summed E-state index contributed by atoms with van der Waals surface area (Å²) >= 11 is 0. The lowest BCUT2D eigenvalue weighted by molar-refractivity contribution is -0.0331. The molecule has 0 fully saturated rings. The Hall–Kier alpha value is -0.166. The summed E-state index contributed by atoms with van der Waals surface area (Å²) in [6, 6.07) is 2.72. The summed E-state index contributed by atoms with van der Waals surface area (Å²) in [5.74, 6) is 0. The molecule has 0 aliphatic rings. The van der Waals surface area contributed by atoms with Gasteiger partial charge < -0.3 is 74.6 Å². The zero-order chi connectivity index (χ0) is 43.5. The number of aliphatic hydroxyl groups is 2. The van der Waals surface area contributed by atoms with Crippen molar-refractivity contribution >= 4 is 16.4 Å². The highest BCUT2D eigenvalue weighted by atomic mass is 28.4. The average molecular weight is 861 g/mol. The molecular formula is C40H92N4O11Si2. The molecule has 8 atom stereocenters. The topological polar surface area (TPSA) is 200 Å². The van der Waals surface area contributed by atoms with Gasteiger partial charge in [0.1, 0.15) is 0 Å². The first kappa shape index (κ1) is 58.9. The Kier molecular flexibility index (Phi) is 38.9.